The van der Waals surface area contributed by atoms with Gasteiger partial charge in [-0.05, 0) is 33.9 Å². The van der Waals surface area contributed by atoms with E-state index in [1.165, 1.54) is 0 Å². The van der Waals surface area contributed by atoms with Gasteiger partial charge in [0.2, 0.25) is 5.91 Å². The summed E-state index contributed by atoms with van der Waals surface area (Å²) in [7, 11) is 4.06. The van der Waals surface area contributed by atoms with Crippen LogP contribution in [0.1, 0.15) is 27.7 Å². The summed E-state index contributed by atoms with van der Waals surface area (Å²) in [4.78, 5) is 13.8. The molecule has 0 rings (SSSR count). The molecule has 2 unspecified atom stereocenters. The Kier molecular flexibility index (Phi) is 7.34. The average Bonchev–Trinajstić information content (AvgIpc) is 2.12. The molecule has 1 amide bonds. The van der Waals surface area contributed by atoms with E-state index in [-0.39, 0.29) is 11.9 Å². The zero-order valence-electron chi connectivity index (χ0n) is 11.5. The number of nitrogens with one attached hydrogen (secondary N) is 2. The van der Waals surface area contributed by atoms with Crippen molar-refractivity contribution in [1.29, 1.82) is 0 Å². The zero-order valence-corrected chi connectivity index (χ0v) is 11.5. The van der Waals surface area contributed by atoms with Crippen LogP contribution in [0.2, 0.25) is 0 Å². The number of carbonyl (C=O) groups excluding carboxylic acids is 1. The highest BCUT2D eigenvalue weighted by Crippen LogP contribution is 1.92. The first-order valence-electron chi connectivity index (χ1n) is 6.01. The molecule has 4 nitrogen and oxygen atoms in total. The number of amides is 1. The monoisotopic (exact) mass is 229 g/mol. The van der Waals surface area contributed by atoms with E-state index in [9.17, 15) is 4.79 Å². The lowest BCUT2D eigenvalue weighted by molar-refractivity contribution is -0.123. The minimum Gasteiger partial charge on any atom is -0.354 e. The van der Waals surface area contributed by atoms with Gasteiger partial charge < -0.3 is 15.5 Å². The summed E-state index contributed by atoms with van der Waals surface area (Å²) in [6.45, 7) is 9.85. The Hall–Kier alpha value is -0.610. The van der Waals surface area contributed by atoms with Gasteiger partial charge in [-0.1, -0.05) is 13.8 Å². The van der Waals surface area contributed by atoms with Crippen LogP contribution in [-0.4, -0.2) is 50.1 Å². The summed E-state index contributed by atoms with van der Waals surface area (Å²) in [5.74, 6) is 0.578. The Labute approximate surface area is 99.8 Å². The molecule has 0 aromatic heterocycles. The lowest BCUT2D eigenvalue weighted by Gasteiger charge is -2.22. The second-order valence-electron chi connectivity index (χ2n) is 5.19. The molecule has 4 heteroatoms. The van der Waals surface area contributed by atoms with E-state index in [1.54, 1.807) is 0 Å². The SMILES string of the molecule is CC(C)CNC(=O)C(C)NC(C)CN(C)C. The molecule has 0 aliphatic heterocycles. The van der Waals surface area contributed by atoms with Gasteiger partial charge in [-0.2, -0.15) is 0 Å². The first-order valence-corrected chi connectivity index (χ1v) is 6.01. The number of rotatable bonds is 7. The first kappa shape index (κ1) is 15.4. The molecule has 96 valence electrons. The van der Waals surface area contributed by atoms with Crippen LogP contribution < -0.4 is 10.6 Å². The summed E-state index contributed by atoms with van der Waals surface area (Å²) >= 11 is 0. The highest BCUT2D eigenvalue weighted by atomic mass is 16.2. The third kappa shape index (κ3) is 7.65. The Bertz CT molecular complexity index is 204. The largest absolute Gasteiger partial charge is 0.354 e. The average molecular weight is 229 g/mol. The van der Waals surface area contributed by atoms with E-state index in [0.717, 1.165) is 13.1 Å². The van der Waals surface area contributed by atoms with Gasteiger partial charge in [0.05, 0.1) is 6.04 Å². The molecule has 0 radical (unpaired) electrons. The van der Waals surface area contributed by atoms with Crippen molar-refractivity contribution in [1.82, 2.24) is 15.5 Å². The van der Waals surface area contributed by atoms with E-state index in [0.29, 0.717) is 12.0 Å². The summed E-state index contributed by atoms with van der Waals surface area (Å²) in [5, 5.41) is 6.21. The highest BCUT2D eigenvalue weighted by molar-refractivity contribution is 5.81. The van der Waals surface area contributed by atoms with Crippen LogP contribution in [0.15, 0.2) is 0 Å². The van der Waals surface area contributed by atoms with Crippen LogP contribution in [0.5, 0.6) is 0 Å². The van der Waals surface area contributed by atoms with Crippen LogP contribution in [-0.2, 0) is 4.79 Å². The predicted molar refractivity (Wildman–Crippen MR) is 68.5 cm³/mol. The Morgan fingerprint density at radius 2 is 1.75 bits per heavy atom. The molecule has 0 bridgehead atoms. The number of hydrogen-bond acceptors (Lipinski definition) is 3. The fraction of sp³-hybridized carbons (Fsp3) is 0.917. The molecule has 2 N–H and O–H groups in total. The Morgan fingerprint density at radius 3 is 2.19 bits per heavy atom. The quantitative estimate of drug-likeness (QED) is 0.675. The van der Waals surface area contributed by atoms with Gasteiger partial charge in [-0.3, -0.25) is 4.79 Å². The van der Waals surface area contributed by atoms with Gasteiger partial charge in [0.1, 0.15) is 0 Å². The van der Waals surface area contributed by atoms with E-state index in [2.05, 4.69) is 36.3 Å². The van der Waals surface area contributed by atoms with Crippen molar-refractivity contribution < 1.29 is 4.79 Å². The van der Waals surface area contributed by atoms with Crippen molar-refractivity contribution in [3.05, 3.63) is 0 Å². The maximum absolute atomic E-state index is 11.7. The standard InChI is InChI=1S/C12H27N3O/c1-9(2)7-13-12(16)11(4)14-10(3)8-15(5)6/h9-11,14H,7-8H2,1-6H3,(H,13,16). The van der Waals surface area contributed by atoms with Crippen LogP contribution >= 0.6 is 0 Å². The fourth-order valence-corrected chi connectivity index (χ4v) is 1.56. The van der Waals surface area contributed by atoms with Gasteiger partial charge in [0.25, 0.3) is 0 Å². The van der Waals surface area contributed by atoms with Crippen LogP contribution in [0.25, 0.3) is 0 Å². The molecule has 0 spiro atoms. The maximum atomic E-state index is 11.7. The number of nitrogens with zero attached hydrogens (tertiary/aromatic N) is 1. The molecule has 0 aliphatic rings. The van der Waals surface area contributed by atoms with Crippen molar-refractivity contribution in [3.8, 4) is 0 Å². The van der Waals surface area contributed by atoms with Crippen molar-refractivity contribution in [2.45, 2.75) is 39.8 Å². The normalized spacial score (nSPS) is 15.2. The number of likely N-dealkylation sites (N-methyl/N-ethyl adjacent to an activating group) is 1. The van der Waals surface area contributed by atoms with Crippen LogP contribution in [0.3, 0.4) is 0 Å². The third-order valence-electron chi connectivity index (χ3n) is 2.25. The van der Waals surface area contributed by atoms with Crippen molar-refractivity contribution in [2.24, 2.45) is 5.92 Å². The smallest absolute Gasteiger partial charge is 0.236 e. The predicted octanol–water partition coefficient (Wildman–Crippen LogP) is 0.687. The molecular formula is C12H27N3O. The van der Waals surface area contributed by atoms with E-state index in [1.807, 2.05) is 21.0 Å². The van der Waals surface area contributed by atoms with E-state index < -0.39 is 0 Å². The minimum absolute atomic E-state index is 0.0827. The molecular weight excluding hydrogens is 202 g/mol. The van der Waals surface area contributed by atoms with Gasteiger partial charge in [0.15, 0.2) is 0 Å². The van der Waals surface area contributed by atoms with Crippen molar-refractivity contribution >= 4 is 5.91 Å². The summed E-state index contributed by atoms with van der Waals surface area (Å²) < 4.78 is 0. The van der Waals surface area contributed by atoms with Crippen LogP contribution in [0, 0.1) is 5.92 Å². The molecule has 0 saturated carbocycles. The number of carbonyl (C=O) groups is 1. The van der Waals surface area contributed by atoms with Gasteiger partial charge in [-0.25, -0.2) is 0 Å². The zero-order chi connectivity index (χ0) is 12.7. The highest BCUT2D eigenvalue weighted by Gasteiger charge is 2.15. The molecule has 0 aliphatic carbocycles. The number of hydrogen-bond donors (Lipinski definition) is 2. The molecule has 2 atom stereocenters. The summed E-state index contributed by atoms with van der Waals surface area (Å²) in [6, 6.07) is 0.184. The lowest BCUT2D eigenvalue weighted by atomic mass is 10.2. The molecule has 16 heavy (non-hydrogen) atoms. The van der Waals surface area contributed by atoms with Crippen LogP contribution in [0.4, 0.5) is 0 Å². The molecule has 0 aromatic carbocycles. The molecule has 0 heterocycles. The Morgan fingerprint density at radius 1 is 1.19 bits per heavy atom. The van der Waals surface area contributed by atoms with Crippen molar-refractivity contribution in [3.63, 3.8) is 0 Å². The minimum atomic E-state index is -0.131. The second kappa shape index (κ2) is 7.63. The van der Waals surface area contributed by atoms with Crippen molar-refractivity contribution in [2.75, 3.05) is 27.2 Å². The van der Waals surface area contributed by atoms with E-state index in [4.69, 9.17) is 0 Å². The topological polar surface area (TPSA) is 44.4 Å². The Balaban J connectivity index is 3.86. The third-order valence-corrected chi connectivity index (χ3v) is 2.25. The molecule has 0 fully saturated rings. The summed E-state index contributed by atoms with van der Waals surface area (Å²) in [5.41, 5.74) is 0. The van der Waals surface area contributed by atoms with E-state index >= 15 is 0 Å². The molecule has 0 saturated heterocycles. The summed E-state index contributed by atoms with van der Waals surface area (Å²) in [6.07, 6.45) is 0. The van der Waals surface area contributed by atoms with Gasteiger partial charge in [-0.15, -0.1) is 0 Å². The maximum Gasteiger partial charge on any atom is 0.236 e. The molecule has 0 aromatic rings. The van der Waals surface area contributed by atoms with Gasteiger partial charge in [0, 0.05) is 19.1 Å². The first-order chi connectivity index (χ1) is 7.32. The lowest BCUT2D eigenvalue weighted by Crippen LogP contribution is -2.48. The second-order valence-corrected chi connectivity index (χ2v) is 5.19. The fourth-order valence-electron chi connectivity index (χ4n) is 1.56. The van der Waals surface area contributed by atoms with Gasteiger partial charge >= 0.3 is 0 Å².